The van der Waals surface area contributed by atoms with Crippen LogP contribution in [0.25, 0.3) is 0 Å². The Balaban J connectivity index is 1.83. The normalized spacial score (nSPS) is 29.2. The van der Waals surface area contributed by atoms with Crippen LogP contribution in [0.1, 0.15) is 32.1 Å². The van der Waals surface area contributed by atoms with E-state index in [4.69, 9.17) is 22.1 Å². The van der Waals surface area contributed by atoms with Gasteiger partial charge in [-0.05, 0) is 25.5 Å². The summed E-state index contributed by atoms with van der Waals surface area (Å²) >= 11 is 7.53. The molecule has 108 valence electrons. The molecule has 1 aromatic rings. The van der Waals surface area contributed by atoms with Crippen LogP contribution in [0, 0.1) is 5.41 Å². The monoisotopic (exact) mass is 302 g/mol. The predicted molar refractivity (Wildman–Crippen MR) is 81.8 cm³/mol. The van der Waals surface area contributed by atoms with Gasteiger partial charge in [0.2, 0.25) is 0 Å². The van der Waals surface area contributed by atoms with Crippen LogP contribution in [-0.2, 0) is 11.3 Å². The Hall–Kier alpha value is -0.130. The topological polar surface area (TPSA) is 47.3 Å². The summed E-state index contributed by atoms with van der Waals surface area (Å²) in [6, 6.07) is 3.98. The number of hydrogen-bond donors (Lipinski definition) is 2. The second-order valence-corrected chi connectivity index (χ2v) is 7.63. The zero-order valence-corrected chi connectivity index (χ0v) is 13.4. The molecule has 1 fully saturated rings. The van der Waals surface area contributed by atoms with Crippen molar-refractivity contribution in [2.24, 2.45) is 11.1 Å². The van der Waals surface area contributed by atoms with Gasteiger partial charge in [0.1, 0.15) is 0 Å². The van der Waals surface area contributed by atoms with E-state index in [0.29, 0.717) is 0 Å². The first kappa shape index (κ1) is 15.3. The fraction of sp³-hybridized carbons (Fsp3) is 0.714. The van der Waals surface area contributed by atoms with Gasteiger partial charge in [-0.25, -0.2) is 0 Å². The molecular formula is C14H23ClN2OS. The van der Waals surface area contributed by atoms with E-state index in [1.807, 2.05) is 13.0 Å². The number of thiophene rings is 1. The number of nitrogens with two attached hydrogens (primary N) is 1. The Bertz CT molecular complexity index is 435. The maximum Gasteiger partial charge on any atom is 0.0931 e. The van der Waals surface area contributed by atoms with Gasteiger partial charge >= 0.3 is 0 Å². The maximum atomic E-state index is 6.51. The second kappa shape index (κ2) is 5.70. The third-order valence-corrected chi connectivity index (χ3v) is 5.61. The van der Waals surface area contributed by atoms with Crippen LogP contribution in [0.5, 0.6) is 0 Å². The third kappa shape index (κ3) is 2.98. The van der Waals surface area contributed by atoms with Crippen molar-refractivity contribution in [2.75, 3.05) is 13.2 Å². The first-order chi connectivity index (χ1) is 8.89. The van der Waals surface area contributed by atoms with Crippen molar-refractivity contribution in [3.05, 3.63) is 21.3 Å². The molecular weight excluding hydrogens is 280 g/mol. The van der Waals surface area contributed by atoms with E-state index >= 15 is 0 Å². The van der Waals surface area contributed by atoms with Crippen LogP contribution in [0.15, 0.2) is 12.1 Å². The smallest absolute Gasteiger partial charge is 0.0931 e. The molecule has 1 aromatic heterocycles. The predicted octanol–water partition coefficient (Wildman–Crippen LogP) is 3.02. The number of ether oxygens (including phenoxy) is 1. The molecule has 1 saturated carbocycles. The van der Waals surface area contributed by atoms with E-state index in [1.54, 1.807) is 11.3 Å². The highest BCUT2D eigenvalue weighted by Crippen LogP contribution is 2.49. The fourth-order valence-electron chi connectivity index (χ4n) is 2.66. The molecule has 0 aliphatic heterocycles. The molecule has 0 spiro atoms. The summed E-state index contributed by atoms with van der Waals surface area (Å²) in [5.74, 6) is 0. The molecule has 0 saturated heterocycles. The first-order valence-corrected chi connectivity index (χ1v) is 7.94. The molecule has 0 bridgehead atoms. The van der Waals surface area contributed by atoms with E-state index < -0.39 is 0 Å². The summed E-state index contributed by atoms with van der Waals surface area (Å²) in [4.78, 5) is 1.24. The highest BCUT2D eigenvalue weighted by Gasteiger charge is 2.58. The molecule has 1 aliphatic carbocycles. The SMILES string of the molecule is CCOC1CC(N)(CNCc2ccc(Cl)s2)C1(C)C. The van der Waals surface area contributed by atoms with Gasteiger partial charge in [0, 0.05) is 35.5 Å². The molecule has 0 radical (unpaired) electrons. The van der Waals surface area contributed by atoms with Crippen LogP contribution in [-0.4, -0.2) is 24.8 Å². The summed E-state index contributed by atoms with van der Waals surface area (Å²) in [6.45, 7) is 8.81. The van der Waals surface area contributed by atoms with Crippen molar-refractivity contribution in [1.29, 1.82) is 0 Å². The average molecular weight is 303 g/mol. The third-order valence-electron chi connectivity index (χ3n) is 4.37. The Morgan fingerprint density at radius 3 is 2.79 bits per heavy atom. The molecule has 19 heavy (non-hydrogen) atoms. The molecule has 1 aliphatic rings. The average Bonchev–Trinajstić information content (AvgIpc) is 2.75. The molecule has 1 heterocycles. The lowest BCUT2D eigenvalue weighted by Gasteiger charge is -2.59. The summed E-state index contributed by atoms with van der Waals surface area (Å²) in [5, 5.41) is 3.45. The molecule has 5 heteroatoms. The highest BCUT2D eigenvalue weighted by molar-refractivity contribution is 7.16. The van der Waals surface area contributed by atoms with Crippen molar-refractivity contribution in [1.82, 2.24) is 5.32 Å². The zero-order valence-electron chi connectivity index (χ0n) is 11.8. The van der Waals surface area contributed by atoms with Gasteiger partial charge in [0.15, 0.2) is 0 Å². The molecule has 2 unspecified atom stereocenters. The van der Waals surface area contributed by atoms with E-state index in [9.17, 15) is 0 Å². The summed E-state index contributed by atoms with van der Waals surface area (Å²) < 4.78 is 6.57. The van der Waals surface area contributed by atoms with Gasteiger partial charge in [-0.3, -0.25) is 0 Å². The Kier molecular flexibility index (Phi) is 4.58. The maximum absolute atomic E-state index is 6.51. The van der Waals surface area contributed by atoms with E-state index in [1.165, 1.54) is 4.88 Å². The van der Waals surface area contributed by atoms with Crippen LogP contribution in [0.3, 0.4) is 0 Å². The lowest BCUT2D eigenvalue weighted by atomic mass is 9.54. The fourth-order valence-corrected chi connectivity index (χ4v) is 3.72. The second-order valence-electron chi connectivity index (χ2n) is 5.84. The van der Waals surface area contributed by atoms with Crippen LogP contribution in [0.4, 0.5) is 0 Å². The molecule has 0 amide bonds. The number of hydrogen-bond acceptors (Lipinski definition) is 4. The largest absolute Gasteiger partial charge is 0.378 e. The minimum absolute atomic E-state index is 0.0170. The summed E-state index contributed by atoms with van der Waals surface area (Å²) in [5.41, 5.74) is 6.34. The van der Waals surface area contributed by atoms with Crippen molar-refractivity contribution in [2.45, 2.75) is 45.4 Å². The Morgan fingerprint density at radius 2 is 2.26 bits per heavy atom. The Morgan fingerprint density at radius 1 is 1.53 bits per heavy atom. The highest BCUT2D eigenvalue weighted by atomic mass is 35.5. The zero-order chi connectivity index (χ0) is 14.1. The van der Waals surface area contributed by atoms with E-state index in [-0.39, 0.29) is 17.1 Å². The molecule has 3 N–H and O–H groups in total. The van der Waals surface area contributed by atoms with Crippen molar-refractivity contribution >= 4 is 22.9 Å². The van der Waals surface area contributed by atoms with Crippen molar-refractivity contribution in [3.8, 4) is 0 Å². The summed E-state index contributed by atoms with van der Waals surface area (Å²) in [6.07, 6.45) is 1.20. The van der Waals surface area contributed by atoms with Gasteiger partial charge in [0.05, 0.1) is 10.4 Å². The lowest BCUT2D eigenvalue weighted by Crippen LogP contribution is -2.73. The van der Waals surface area contributed by atoms with Gasteiger partial charge in [0.25, 0.3) is 0 Å². The van der Waals surface area contributed by atoms with Gasteiger partial charge in [-0.2, -0.15) is 0 Å². The van der Waals surface area contributed by atoms with Crippen molar-refractivity contribution in [3.63, 3.8) is 0 Å². The Labute approximate surface area is 124 Å². The van der Waals surface area contributed by atoms with E-state index in [0.717, 1.165) is 30.5 Å². The van der Waals surface area contributed by atoms with Crippen LogP contribution in [0.2, 0.25) is 4.34 Å². The van der Waals surface area contributed by atoms with Crippen LogP contribution >= 0.6 is 22.9 Å². The quantitative estimate of drug-likeness (QED) is 0.849. The van der Waals surface area contributed by atoms with Crippen LogP contribution < -0.4 is 11.1 Å². The lowest BCUT2D eigenvalue weighted by molar-refractivity contribution is -0.148. The van der Waals surface area contributed by atoms with Gasteiger partial charge in [-0.15, -0.1) is 11.3 Å². The minimum atomic E-state index is -0.187. The van der Waals surface area contributed by atoms with E-state index in [2.05, 4.69) is 25.2 Å². The first-order valence-electron chi connectivity index (χ1n) is 6.74. The van der Waals surface area contributed by atoms with Gasteiger partial charge in [-0.1, -0.05) is 25.4 Å². The molecule has 2 rings (SSSR count). The molecule has 2 atom stereocenters. The molecule has 0 aromatic carbocycles. The number of rotatable bonds is 6. The number of nitrogens with one attached hydrogen (secondary N) is 1. The van der Waals surface area contributed by atoms with Crippen molar-refractivity contribution < 1.29 is 4.74 Å². The number of halogens is 1. The minimum Gasteiger partial charge on any atom is -0.378 e. The summed E-state index contributed by atoms with van der Waals surface area (Å²) in [7, 11) is 0. The molecule has 3 nitrogen and oxygen atoms in total. The standard InChI is InChI=1S/C14H23ClN2OS/c1-4-18-11-7-14(16,13(11,2)3)9-17-8-10-5-6-12(15)19-10/h5-6,11,17H,4,7-9,16H2,1-3H3. The van der Waals surface area contributed by atoms with Gasteiger partial charge < -0.3 is 15.8 Å².